The lowest BCUT2D eigenvalue weighted by molar-refractivity contribution is 0.632. The van der Waals surface area contributed by atoms with Gasteiger partial charge in [-0.2, -0.15) is 5.10 Å². The molecule has 0 saturated carbocycles. The molecule has 3 nitrogen and oxygen atoms in total. The van der Waals surface area contributed by atoms with Gasteiger partial charge < -0.3 is 5.32 Å². The van der Waals surface area contributed by atoms with Crippen molar-refractivity contribution in [1.29, 1.82) is 0 Å². The normalized spacial score (nSPS) is 10.6. The lowest BCUT2D eigenvalue weighted by atomic mass is 10.2. The van der Waals surface area contributed by atoms with Gasteiger partial charge in [0.2, 0.25) is 0 Å². The predicted octanol–water partition coefficient (Wildman–Crippen LogP) is 3.45. The molecule has 17 heavy (non-hydrogen) atoms. The molecule has 0 amide bonds. The zero-order valence-electron chi connectivity index (χ0n) is 8.94. The predicted molar refractivity (Wildman–Crippen MR) is 65.8 cm³/mol. The van der Waals surface area contributed by atoms with Crippen molar-refractivity contribution in [3.63, 3.8) is 0 Å². The lowest BCUT2D eigenvalue weighted by Gasteiger charge is -2.07. The third-order valence-corrected chi connectivity index (χ3v) is 2.59. The quantitative estimate of drug-likeness (QED) is 0.704. The largest absolute Gasteiger partial charge is 0.353 e. The van der Waals surface area contributed by atoms with Crippen molar-refractivity contribution < 1.29 is 4.39 Å². The number of hydrogen-bond donors (Lipinski definition) is 2. The van der Waals surface area contributed by atoms with E-state index in [9.17, 15) is 4.39 Å². The SMILES string of the molecule is Fc1ccccc1Nc1ccc2[nH]ncc2c1. The minimum atomic E-state index is -0.264. The maximum atomic E-state index is 13.4. The van der Waals surface area contributed by atoms with Crippen LogP contribution in [0.4, 0.5) is 15.8 Å². The van der Waals surface area contributed by atoms with Crippen molar-refractivity contribution in [3.05, 3.63) is 54.5 Å². The first-order valence-electron chi connectivity index (χ1n) is 5.27. The fourth-order valence-electron chi connectivity index (χ4n) is 1.74. The molecule has 0 unspecified atom stereocenters. The van der Waals surface area contributed by atoms with Crippen molar-refractivity contribution >= 4 is 22.3 Å². The number of aromatic amines is 1. The molecule has 2 aromatic carbocycles. The van der Waals surface area contributed by atoms with Crippen LogP contribution in [0, 0.1) is 5.82 Å². The smallest absolute Gasteiger partial charge is 0.146 e. The summed E-state index contributed by atoms with van der Waals surface area (Å²) in [7, 11) is 0. The van der Waals surface area contributed by atoms with E-state index in [2.05, 4.69) is 15.5 Å². The molecular weight excluding hydrogens is 217 g/mol. The number of rotatable bonds is 2. The molecule has 0 aliphatic rings. The van der Waals surface area contributed by atoms with E-state index >= 15 is 0 Å². The van der Waals surface area contributed by atoms with Gasteiger partial charge in [-0.3, -0.25) is 5.10 Å². The molecule has 1 heterocycles. The fraction of sp³-hybridized carbons (Fsp3) is 0. The summed E-state index contributed by atoms with van der Waals surface area (Å²) in [4.78, 5) is 0. The Morgan fingerprint density at radius 2 is 2.00 bits per heavy atom. The first kappa shape index (κ1) is 9.84. The molecular formula is C13H10FN3. The molecule has 0 saturated heterocycles. The monoisotopic (exact) mass is 227 g/mol. The highest BCUT2D eigenvalue weighted by molar-refractivity contribution is 5.82. The summed E-state index contributed by atoms with van der Waals surface area (Å²) >= 11 is 0. The van der Waals surface area contributed by atoms with E-state index in [-0.39, 0.29) is 5.82 Å². The average Bonchev–Trinajstić information content (AvgIpc) is 2.79. The van der Waals surface area contributed by atoms with Crippen molar-refractivity contribution in [2.45, 2.75) is 0 Å². The van der Waals surface area contributed by atoms with E-state index < -0.39 is 0 Å². The standard InChI is InChI=1S/C13H10FN3/c14-11-3-1-2-4-13(11)16-10-5-6-12-9(7-10)8-15-17-12/h1-8,16H,(H,15,17). The van der Waals surface area contributed by atoms with Gasteiger partial charge in [0.15, 0.2) is 0 Å². The van der Waals surface area contributed by atoms with Crippen LogP contribution in [0.15, 0.2) is 48.7 Å². The van der Waals surface area contributed by atoms with E-state index in [4.69, 9.17) is 0 Å². The zero-order chi connectivity index (χ0) is 11.7. The topological polar surface area (TPSA) is 40.7 Å². The molecule has 0 aliphatic heterocycles. The number of nitrogens with one attached hydrogen (secondary N) is 2. The maximum absolute atomic E-state index is 13.4. The molecule has 3 aromatic rings. The highest BCUT2D eigenvalue weighted by Crippen LogP contribution is 2.22. The first-order chi connectivity index (χ1) is 8.33. The molecule has 0 bridgehead atoms. The second-order valence-electron chi connectivity index (χ2n) is 3.78. The van der Waals surface area contributed by atoms with Crippen LogP contribution in [0.2, 0.25) is 0 Å². The number of halogens is 1. The Morgan fingerprint density at radius 3 is 2.88 bits per heavy atom. The molecule has 0 radical (unpaired) electrons. The number of fused-ring (bicyclic) bond motifs is 1. The van der Waals surface area contributed by atoms with Gasteiger partial charge in [0.05, 0.1) is 17.4 Å². The molecule has 3 rings (SSSR count). The van der Waals surface area contributed by atoms with E-state index in [0.29, 0.717) is 5.69 Å². The molecule has 0 aliphatic carbocycles. The molecule has 2 N–H and O–H groups in total. The van der Waals surface area contributed by atoms with Gasteiger partial charge in [-0.25, -0.2) is 4.39 Å². The Morgan fingerprint density at radius 1 is 1.12 bits per heavy atom. The summed E-state index contributed by atoms with van der Waals surface area (Å²) in [6, 6.07) is 12.3. The number of para-hydroxylation sites is 1. The summed E-state index contributed by atoms with van der Waals surface area (Å²) in [5.74, 6) is -0.264. The molecule has 0 atom stereocenters. The molecule has 84 valence electrons. The summed E-state index contributed by atoms with van der Waals surface area (Å²) in [6.07, 6.45) is 1.74. The van der Waals surface area contributed by atoms with E-state index in [1.54, 1.807) is 24.4 Å². The molecule has 0 fully saturated rings. The third-order valence-electron chi connectivity index (χ3n) is 2.59. The Kier molecular flexibility index (Phi) is 2.26. The van der Waals surface area contributed by atoms with E-state index in [1.807, 2.05) is 18.2 Å². The Balaban J connectivity index is 1.97. The number of nitrogens with zero attached hydrogens (tertiary/aromatic N) is 1. The summed E-state index contributed by atoms with van der Waals surface area (Å²) in [5, 5.41) is 10.8. The summed E-state index contributed by atoms with van der Waals surface area (Å²) in [6.45, 7) is 0. The second-order valence-corrected chi connectivity index (χ2v) is 3.78. The van der Waals surface area contributed by atoms with Gasteiger partial charge in [0.1, 0.15) is 5.82 Å². The van der Waals surface area contributed by atoms with Crippen LogP contribution in [-0.2, 0) is 0 Å². The highest BCUT2D eigenvalue weighted by atomic mass is 19.1. The maximum Gasteiger partial charge on any atom is 0.146 e. The number of benzene rings is 2. The Hall–Kier alpha value is -2.36. The Bertz CT molecular complexity index is 660. The van der Waals surface area contributed by atoms with Crippen LogP contribution in [0.25, 0.3) is 10.9 Å². The summed E-state index contributed by atoms with van der Waals surface area (Å²) in [5.41, 5.74) is 2.27. The first-order valence-corrected chi connectivity index (χ1v) is 5.27. The minimum Gasteiger partial charge on any atom is -0.353 e. The van der Waals surface area contributed by atoms with Gasteiger partial charge in [0.25, 0.3) is 0 Å². The van der Waals surface area contributed by atoms with Crippen molar-refractivity contribution in [2.24, 2.45) is 0 Å². The van der Waals surface area contributed by atoms with Crippen LogP contribution in [0.5, 0.6) is 0 Å². The highest BCUT2D eigenvalue weighted by Gasteiger charge is 2.02. The van der Waals surface area contributed by atoms with Gasteiger partial charge in [0, 0.05) is 11.1 Å². The van der Waals surface area contributed by atoms with Crippen molar-refractivity contribution in [3.8, 4) is 0 Å². The number of H-pyrrole nitrogens is 1. The van der Waals surface area contributed by atoms with Gasteiger partial charge in [-0.15, -0.1) is 0 Å². The molecule has 4 heteroatoms. The lowest BCUT2D eigenvalue weighted by Crippen LogP contribution is -1.92. The minimum absolute atomic E-state index is 0.264. The zero-order valence-corrected chi connectivity index (χ0v) is 8.94. The van der Waals surface area contributed by atoms with E-state index in [1.165, 1.54) is 6.07 Å². The van der Waals surface area contributed by atoms with Crippen molar-refractivity contribution in [1.82, 2.24) is 10.2 Å². The van der Waals surface area contributed by atoms with Crippen LogP contribution in [0.3, 0.4) is 0 Å². The van der Waals surface area contributed by atoms with Crippen LogP contribution < -0.4 is 5.32 Å². The summed E-state index contributed by atoms with van der Waals surface area (Å²) < 4.78 is 13.4. The molecule has 0 spiro atoms. The number of hydrogen-bond acceptors (Lipinski definition) is 2. The fourth-order valence-corrected chi connectivity index (χ4v) is 1.74. The van der Waals surface area contributed by atoms with Crippen LogP contribution in [-0.4, -0.2) is 10.2 Å². The van der Waals surface area contributed by atoms with Crippen LogP contribution >= 0.6 is 0 Å². The van der Waals surface area contributed by atoms with Gasteiger partial charge in [-0.05, 0) is 30.3 Å². The van der Waals surface area contributed by atoms with Crippen molar-refractivity contribution in [2.75, 3.05) is 5.32 Å². The van der Waals surface area contributed by atoms with Gasteiger partial charge >= 0.3 is 0 Å². The van der Waals surface area contributed by atoms with E-state index in [0.717, 1.165) is 16.6 Å². The van der Waals surface area contributed by atoms with Crippen LogP contribution in [0.1, 0.15) is 0 Å². The van der Waals surface area contributed by atoms with Gasteiger partial charge in [-0.1, -0.05) is 12.1 Å². The third kappa shape index (κ3) is 1.85. The number of anilines is 2. The second kappa shape index (κ2) is 3.90. The average molecular weight is 227 g/mol. The molecule has 1 aromatic heterocycles. The Labute approximate surface area is 97.3 Å². The number of aromatic nitrogens is 2.